The summed E-state index contributed by atoms with van der Waals surface area (Å²) in [5, 5.41) is 3.89. The van der Waals surface area contributed by atoms with Gasteiger partial charge in [0, 0.05) is 11.7 Å². The first-order valence-electron chi connectivity index (χ1n) is 7.00. The van der Waals surface area contributed by atoms with E-state index in [1.807, 2.05) is 6.07 Å². The molecule has 1 aromatic carbocycles. The van der Waals surface area contributed by atoms with Crippen LogP contribution in [-0.4, -0.2) is 25.7 Å². The van der Waals surface area contributed by atoms with E-state index < -0.39 is 5.97 Å². The van der Waals surface area contributed by atoms with E-state index in [9.17, 15) is 4.79 Å². The molecule has 20 heavy (non-hydrogen) atoms. The lowest BCUT2D eigenvalue weighted by molar-refractivity contribution is 0.0601. The summed E-state index contributed by atoms with van der Waals surface area (Å²) >= 11 is 6.02. The molecule has 1 fully saturated rings. The van der Waals surface area contributed by atoms with E-state index in [0.717, 1.165) is 18.5 Å². The molecule has 0 amide bonds. The Morgan fingerprint density at radius 1 is 1.45 bits per heavy atom. The van der Waals surface area contributed by atoms with E-state index in [0.29, 0.717) is 29.1 Å². The van der Waals surface area contributed by atoms with Crippen LogP contribution in [0, 0.1) is 5.92 Å². The molecule has 1 saturated carbocycles. The zero-order valence-corrected chi connectivity index (χ0v) is 12.5. The summed E-state index contributed by atoms with van der Waals surface area (Å²) in [7, 11) is 1.35. The van der Waals surface area contributed by atoms with Gasteiger partial charge in [-0.2, -0.15) is 0 Å². The molecule has 1 aromatic rings. The summed E-state index contributed by atoms with van der Waals surface area (Å²) in [6.45, 7) is 0.690. The molecule has 2 atom stereocenters. The van der Waals surface area contributed by atoms with Gasteiger partial charge in [0.25, 0.3) is 0 Å². The number of hydrogen-bond donors (Lipinski definition) is 2. The number of benzene rings is 1. The highest BCUT2D eigenvalue weighted by Crippen LogP contribution is 2.28. The number of anilines is 1. The smallest absolute Gasteiger partial charge is 0.339 e. The Balaban J connectivity index is 2.14. The van der Waals surface area contributed by atoms with Crippen LogP contribution in [0.15, 0.2) is 18.2 Å². The van der Waals surface area contributed by atoms with E-state index in [2.05, 4.69) is 5.32 Å². The summed E-state index contributed by atoms with van der Waals surface area (Å²) < 4.78 is 4.73. The van der Waals surface area contributed by atoms with Crippen molar-refractivity contribution in [3.63, 3.8) is 0 Å². The molecule has 3 N–H and O–H groups in total. The van der Waals surface area contributed by atoms with Gasteiger partial charge in [0.2, 0.25) is 0 Å². The van der Waals surface area contributed by atoms with Crippen LogP contribution in [0.4, 0.5) is 5.69 Å². The number of methoxy groups -OCH3 is 1. The van der Waals surface area contributed by atoms with Gasteiger partial charge in [-0.05, 0) is 43.5 Å². The molecule has 0 saturated heterocycles. The standard InChI is InChI=1S/C15H21ClN2O2/c1-20-15(19)12-8-11(6-7-13(12)16)18-14-5-3-2-4-10(14)9-17/h6-8,10,14,18H,2-5,9,17H2,1H3. The Kier molecular flexibility index (Phi) is 5.26. The Labute approximate surface area is 124 Å². The Morgan fingerprint density at radius 2 is 2.20 bits per heavy atom. The van der Waals surface area contributed by atoms with Crippen LogP contribution in [0.25, 0.3) is 0 Å². The van der Waals surface area contributed by atoms with Crippen molar-refractivity contribution in [3.05, 3.63) is 28.8 Å². The summed E-state index contributed by atoms with van der Waals surface area (Å²) in [5.74, 6) is 0.0682. The summed E-state index contributed by atoms with van der Waals surface area (Å²) in [6.07, 6.45) is 4.73. The van der Waals surface area contributed by atoms with Gasteiger partial charge in [-0.25, -0.2) is 4.79 Å². The summed E-state index contributed by atoms with van der Waals surface area (Å²) in [5.41, 5.74) is 7.11. The highest BCUT2D eigenvalue weighted by Gasteiger charge is 2.24. The molecule has 0 aliphatic heterocycles. The van der Waals surface area contributed by atoms with Crippen molar-refractivity contribution >= 4 is 23.3 Å². The van der Waals surface area contributed by atoms with Crippen LogP contribution in [0.2, 0.25) is 5.02 Å². The molecular weight excluding hydrogens is 276 g/mol. The van der Waals surface area contributed by atoms with Crippen LogP contribution in [0.3, 0.4) is 0 Å². The van der Waals surface area contributed by atoms with E-state index in [1.54, 1.807) is 12.1 Å². The normalized spacial score (nSPS) is 22.4. The van der Waals surface area contributed by atoms with Crippen LogP contribution in [0.1, 0.15) is 36.0 Å². The maximum atomic E-state index is 11.6. The van der Waals surface area contributed by atoms with Crippen molar-refractivity contribution < 1.29 is 9.53 Å². The number of carbonyl (C=O) groups is 1. The quantitative estimate of drug-likeness (QED) is 0.838. The number of ether oxygens (including phenoxy) is 1. The third kappa shape index (κ3) is 3.44. The first-order valence-corrected chi connectivity index (χ1v) is 7.38. The van der Waals surface area contributed by atoms with Crippen LogP contribution in [0.5, 0.6) is 0 Å². The van der Waals surface area contributed by atoms with Crippen molar-refractivity contribution in [3.8, 4) is 0 Å². The number of halogens is 1. The lowest BCUT2D eigenvalue weighted by Crippen LogP contribution is -2.36. The van der Waals surface area contributed by atoms with E-state index in [1.165, 1.54) is 20.0 Å². The fourth-order valence-corrected chi connectivity index (χ4v) is 2.97. The lowest BCUT2D eigenvalue weighted by atomic mass is 9.84. The van der Waals surface area contributed by atoms with Gasteiger partial charge in [-0.1, -0.05) is 24.4 Å². The van der Waals surface area contributed by atoms with Crippen LogP contribution < -0.4 is 11.1 Å². The number of rotatable bonds is 4. The van der Waals surface area contributed by atoms with Crippen LogP contribution >= 0.6 is 11.6 Å². The molecule has 5 heteroatoms. The molecule has 2 rings (SSSR count). The zero-order chi connectivity index (χ0) is 14.5. The zero-order valence-electron chi connectivity index (χ0n) is 11.7. The topological polar surface area (TPSA) is 64.3 Å². The number of esters is 1. The second kappa shape index (κ2) is 6.95. The SMILES string of the molecule is COC(=O)c1cc(NC2CCCCC2CN)ccc1Cl. The van der Waals surface area contributed by atoms with Gasteiger partial charge in [0.05, 0.1) is 17.7 Å². The van der Waals surface area contributed by atoms with Gasteiger partial charge < -0.3 is 15.8 Å². The minimum absolute atomic E-state index is 0.362. The predicted octanol–water partition coefficient (Wildman–Crippen LogP) is 3.06. The second-order valence-corrected chi connectivity index (χ2v) is 5.62. The van der Waals surface area contributed by atoms with Gasteiger partial charge >= 0.3 is 5.97 Å². The molecule has 0 bridgehead atoms. The number of carbonyl (C=O) groups excluding carboxylic acids is 1. The molecule has 110 valence electrons. The molecule has 0 radical (unpaired) electrons. The minimum atomic E-state index is -0.419. The van der Waals surface area contributed by atoms with Crippen molar-refractivity contribution in [1.82, 2.24) is 0 Å². The monoisotopic (exact) mass is 296 g/mol. The Morgan fingerprint density at radius 3 is 2.90 bits per heavy atom. The van der Waals surface area contributed by atoms with Gasteiger partial charge in [0.15, 0.2) is 0 Å². The van der Waals surface area contributed by atoms with E-state index >= 15 is 0 Å². The number of hydrogen-bond acceptors (Lipinski definition) is 4. The van der Waals surface area contributed by atoms with Crippen molar-refractivity contribution in [2.75, 3.05) is 19.0 Å². The maximum Gasteiger partial charge on any atom is 0.339 e. The average Bonchev–Trinajstić information content (AvgIpc) is 2.49. The third-order valence-corrected chi connectivity index (χ3v) is 4.27. The Hall–Kier alpha value is -1.26. The molecule has 0 aromatic heterocycles. The molecule has 0 spiro atoms. The molecule has 2 unspecified atom stereocenters. The Bertz CT molecular complexity index is 479. The van der Waals surface area contributed by atoms with Gasteiger partial charge in [-0.15, -0.1) is 0 Å². The van der Waals surface area contributed by atoms with E-state index in [-0.39, 0.29) is 0 Å². The maximum absolute atomic E-state index is 11.6. The van der Waals surface area contributed by atoms with Crippen LogP contribution in [-0.2, 0) is 4.74 Å². The number of nitrogens with one attached hydrogen (secondary N) is 1. The molecular formula is C15H21ClN2O2. The molecule has 0 heterocycles. The highest BCUT2D eigenvalue weighted by molar-refractivity contribution is 6.33. The predicted molar refractivity (Wildman–Crippen MR) is 81.2 cm³/mol. The average molecular weight is 297 g/mol. The fraction of sp³-hybridized carbons (Fsp3) is 0.533. The van der Waals surface area contributed by atoms with Crippen molar-refractivity contribution in [2.45, 2.75) is 31.7 Å². The number of nitrogens with two attached hydrogens (primary N) is 1. The lowest BCUT2D eigenvalue weighted by Gasteiger charge is -2.32. The summed E-state index contributed by atoms with van der Waals surface area (Å²) in [4.78, 5) is 11.6. The molecule has 4 nitrogen and oxygen atoms in total. The van der Waals surface area contributed by atoms with Gasteiger partial charge in [0.1, 0.15) is 0 Å². The first kappa shape index (κ1) is 15.1. The highest BCUT2D eigenvalue weighted by atomic mass is 35.5. The molecule has 1 aliphatic carbocycles. The van der Waals surface area contributed by atoms with Crippen molar-refractivity contribution in [2.24, 2.45) is 11.7 Å². The summed E-state index contributed by atoms with van der Waals surface area (Å²) in [6, 6.07) is 5.71. The first-order chi connectivity index (χ1) is 9.65. The van der Waals surface area contributed by atoms with Gasteiger partial charge in [-0.3, -0.25) is 0 Å². The third-order valence-electron chi connectivity index (χ3n) is 3.94. The fourth-order valence-electron chi connectivity index (χ4n) is 2.78. The second-order valence-electron chi connectivity index (χ2n) is 5.22. The molecule has 1 aliphatic rings. The largest absolute Gasteiger partial charge is 0.465 e. The van der Waals surface area contributed by atoms with Crippen molar-refractivity contribution in [1.29, 1.82) is 0 Å². The minimum Gasteiger partial charge on any atom is -0.465 e. The van der Waals surface area contributed by atoms with E-state index in [4.69, 9.17) is 22.1 Å².